The standard InChI is InChI=1S/C26H22N4O6S/c1-34-16-8-4-14(5-9-16)21-18(13-27)23(28)30-25(33)19(12-20(31)36-3)37-26(30)22(21)24(32)29-15-6-10-17(35-2)11-7-15/h4-12,21H,28H2,1-3H3,(H,29,32). The first-order valence-corrected chi connectivity index (χ1v) is 11.7. The molecular formula is C26H22N4O6S. The summed E-state index contributed by atoms with van der Waals surface area (Å²) in [7, 11) is 4.24. The number of hydrogen-bond acceptors (Lipinski definition) is 9. The Hall–Kier alpha value is -4.82. The zero-order valence-corrected chi connectivity index (χ0v) is 20.9. The van der Waals surface area contributed by atoms with Gasteiger partial charge in [0.05, 0.1) is 44.5 Å². The second kappa shape index (κ2) is 10.4. The molecule has 11 heteroatoms. The summed E-state index contributed by atoms with van der Waals surface area (Å²) >= 11 is 0.909. The number of carbonyl (C=O) groups excluding carboxylic acids is 2. The minimum absolute atomic E-state index is 0.00668. The molecule has 0 saturated heterocycles. The number of fused-ring (bicyclic) bond motifs is 1. The van der Waals surface area contributed by atoms with Crippen molar-refractivity contribution in [3.8, 4) is 17.6 Å². The smallest absolute Gasteiger partial charge is 0.332 e. The van der Waals surface area contributed by atoms with Crippen LogP contribution in [-0.2, 0) is 14.3 Å². The van der Waals surface area contributed by atoms with Gasteiger partial charge in [0.25, 0.3) is 11.5 Å². The lowest BCUT2D eigenvalue weighted by Crippen LogP contribution is -2.40. The zero-order valence-electron chi connectivity index (χ0n) is 20.1. The Morgan fingerprint density at radius 2 is 1.65 bits per heavy atom. The third-order valence-corrected chi connectivity index (χ3v) is 6.87. The normalized spacial score (nSPS) is 15.0. The van der Waals surface area contributed by atoms with Gasteiger partial charge in [0.1, 0.15) is 26.5 Å². The van der Waals surface area contributed by atoms with Gasteiger partial charge in [0.2, 0.25) is 0 Å². The van der Waals surface area contributed by atoms with Crippen molar-refractivity contribution in [2.24, 2.45) is 5.73 Å². The van der Waals surface area contributed by atoms with Gasteiger partial charge in [-0.3, -0.25) is 14.2 Å². The number of ether oxygens (including phenoxy) is 3. The molecule has 2 aromatic carbocycles. The highest BCUT2D eigenvalue weighted by molar-refractivity contribution is 7.07. The molecule has 37 heavy (non-hydrogen) atoms. The fourth-order valence-electron chi connectivity index (χ4n) is 3.94. The van der Waals surface area contributed by atoms with Gasteiger partial charge in [-0.15, -0.1) is 11.3 Å². The number of aromatic nitrogens is 1. The molecule has 1 unspecified atom stereocenters. The predicted molar refractivity (Wildman–Crippen MR) is 138 cm³/mol. The summed E-state index contributed by atoms with van der Waals surface area (Å²) in [6.07, 6.45) is 1.03. The molecule has 0 spiro atoms. The van der Waals surface area contributed by atoms with Crippen molar-refractivity contribution in [3.63, 3.8) is 0 Å². The van der Waals surface area contributed by atoms with E-state index in [1.165, 1.54) is 21.3 Å². The van der Waals surface area contributed by atoms with Gasteiger partial charge in [-0.05, 0) is 42.0 Å². The van der Waals surface area contributed by atoms with E-state index in [9.17, 15) is 19.6 Å². The molecule has 188 valence electrons. The molecule has 1 aliphatic rings. The third-order valence-electron chi connectivity index (χ3n) is 5.76. The van der Waals surface area contributed by atoms with Gasteiger partial charge in [-0.2, -0.15) is 5.26 Å². The van der Waals surface area contributed by atoms with E-state index < -0.39 is 23.4 Å². The van der Waals surface area contributed by atoms with E-state index >= 15 is 0 Å². The number of nitrogens with one attached hydrogen (secondary N) is 1. The molecule has 4 rings (SSSR count). The maximum absolute atomic E-state index is 13.8. The van der Waals surface area contributed by atoms with E-state index in [4.69, 9.17) is 15.2 Å². The lowest BCUT2D eigenvalue weighted by atomic mass is 9.83. The van der Waals surface area contributed by atoms with Gasteiger partial charge >= 0.3 is 5.97 Å². The van der Waals surface area contributed by atoms with Crippen molar-refractivity contribution in [1.82, 2.24) is 4.57 Å². The number of anilines is 1. The van der Waals surface area contributed by atoms with Crippen LogP contribution in [0.25, 0.3) is 17.5 Å². The van der Waals surface area contributed by atoms with Crippen LogP contribution in [0.4, 0.5) is 5.69 Å². The van der Waals surface area contributed by atoms with Crippen molar-refractivity contribution in [3.05, 3.63) is 79.2 Å². The van der Waals surface area contributed by atoms with Crippen LogP contribution >= 0.6 is 11.3 Å². The Morgan fingerprint density at radius 3 is 2.19 bits per heavy atom. The van der Waals surface area contributed by atoms with Crippen molar-refractivity contribution < 1.29 is 23.8 Å². The largest absolute Gasteiger partial charge is 0.497 e. The molecule has 1 amide bonds. The Balaban J connectivity index is 2.00. The second-order valence-electron chi connectivity index (χ2n) is 7.79. The summed E-state index contributed by atoms with van der Waals surface area (Å²) in [5.41, 5.74) is 6.88. The number of hydrogen-bond donors (Lipinski definition) is 2. The minimum atomic E-state index is -0.891. The second-order valence-corrected chi connectivity index (χ2v) is 8.82. The summed E-state index contributed by atoms with van der Waals surface area (Å²) in [4.78, 5) is 38.8. The van der Waals surface area contributed by atoms with Crippen LogP contribution in [0.1, 0.15) is 11.5 Å². The number of esters is 1. The van der Waals surface area contributed by atoms with Crippen LogP contribution in [0.2, 0.25) is 0 Å². The summed E-state index contributed by atoms with van der Waals surface area (Å²) in [5.74, 6) is -1.11. The molecule has 0 saturated carbocycles. The molecule has 2 heterocycles. The molecule has 10 nitrogen and oxygen atoms in total. The number of thiazole rings is 1. The number of benzene rings is 2. The first-order valence-electron chi connectivity index (χ1n) is 10.9. The fraction of sp³-hybridized carbons (Fsp3) is 0.154. The number of carbonyl (C=O) groups is 2. The topological polar surface area (TPSA) is 146 Å². The highest BCUT2D eigenvalue weighted by Gasteiger charge is 2.35. The molecule has 3 N–H and O–H groups in total. The van der Waals surface area contributed by atoms with Crippen LogP contribution < -0.4 is 35.3 Å². The third kappa shape index (κ3) is 4.70. The lowest BCUT2D eigenvalue weighted by molar-refractivity contribution is -0.133. The van der Waals surface area contributed by atoms with Crippen LogP contribution in [0.15, 0.2) is 58.9 Å². The highest BCUT2D eigenvalue weighted by Crippen LogP contribution is 2.37. The van der Waals surface area contributed by atoms with Gasteiger partial charge in [-0.1, -0.05) is 12.1 Å². The predicted octanol–water partition coefficient (Wildman–Crippen LogP) is 1.12. The van der Waals surface area contributed by atoms with Crippen LogP contribution in [-0.4, -0.2) is 37.8 Å². The number of nitrogens with two attached hydrogens (primary N) is 1. The number of amides is 1. The zero-order chi connectivity index (χ0) is 26.7. The molecular weight excluding hydrogens is 496 g/mol. The van der Waals surface area contributed by atoms with Gasteiger partial charge in [0, 0.05) is 11.8 Å². The number of nitriles is 1. The summed E-state index contributed by atoms with van der Waals surface area (Å²) < 4.78 is 16.3. The van der Waals surface area contributed by atoms with E-state index in [2.05, 4.69) is 16.1 Å². The van der Waals surface area contributed by atoms with E-state index in [0.717, 1.165) is 22.0 Å². The van der Waals surface area contributed by atoms with Crippen molar-refractivity contribution in [1.29, 1.82) is 5.26 Å². The summed E-state index contributed by atoms with van der Waals surface area (Å²) in [6.45, 7) is 0. The maximum atomic E-state index is 13.8. The van der Waals surface area contributed by atoms with Crippen molar-refractivity contribution in [2.75, 3.05) is 26.6 Å². The maximum Gasteiger partial charge on any atom is 0.332 e. The van der Waals surface area contributed by atoms with Crippen LogP contribution in [0, 0.1) is 11.3 Å². The van der Waals surface area contributed by atoms with Gasteiger partial charge < -0.3 is 25.3 Å². The molecule has 0 radical (unpaired) electrons. The van der Waals surface area contributed by atoms with E-state index in [-0.39, 0.29) is 26.2 Å². The number of nitrogens with zero attached hydrogens (tertiary/aromatic N) is 2. The Labute approximate surface area is 215 Å². The van der Waals surface area contributed by atoms with E-state index in [0.29, 0.717) is 22.7 Å². The van der Waals surface area contributed by atoms with Crippen molar-refractivity contribution >= 4 is 46.4 Å². The lowest BCUT2D eigenvalue weighted by Gasteiger charge is -2.25. The summed E-state index contributed by atoms with van der Waals surface area (Å²) in [5, 5.41) is 12.9. The molecule has 0 bridgehead atoms. The first kappa shape index (κ1) is 25.3. The SMILES string of the molecule is COC(=O)C=c1sc2n(c1=O)C(N)=C(C#N)C(c1ccc(OC)cc1)C=2C(=O)Nc1ccc(OC)cc1. The Morgan fingerprint density at radius 1 is 1.05 bits per heavy atom. The highest BCUT2D eigenvalue weighted by atomic mass is 32.1. The molecule has 1 aromatic heterocycles. The number of methoxy groups -OCH3 is 3. The minimum Gasteiger partial charge on any atom is -0.497 e. The average molecular weight is 519 g/mol. The molecule has 0 aliphatic carbocycles. The quantitative estimate of drug-likeness (QED) is 0.462. The monoisotopic (exact) mass is 518 g/mol. The average Bonchev–Trinajstić information content (AvgIpc) is 3.24. The van der Waals surface area contributed by atoms with Crippen LogP contribution in [0.3, 0.4) is 0 Å². The van der Waals surface area contributed by atoms with Crippen LogP contribution in [0.5, 0.6) is 11.5 Å². The van der Waals surface area contributed by atoms with Gasteiger partial charge in [0.15, 0.2) is 0 Å². The Kier molecular flexibility index (Phi) is 7.13. The fourth-order valence-corrected chi connectivity index (χ4v) is 5.07. The van der Waals surface area contributed by atoms with Crippen molar-refractivity contribution in [2.45, 2.75) is 5.92 Å². The molecule has 0 fully saturated rings. The first-order chi connectivity index (χ1) is 17.8. The van der Waals surface area contributed by atoms with E-state index in [1.807, 2.05) is 0 Å². The summed E-state index contributed by atoms with van der Waals surface area (Å²) in [6, 6.07) is 15.6. The molecule has 1 atom stereocenters. The molecule has 3 aromatic rings. The number of allylic oxidation sites excluding steroid dienone is 1. The number of rotatable bonds is 6. The van der Waals surface area contributed by atoms with Gasteiger partial charge in [-0.25, -0.2) is 4.79 Å². The Bertz CT molecular complexity index is 1630. The molecule has 1 aliphatic heterocycles. The van der Waals surface area contributed by atoms with E-state index in [1.54, 1.807) is 48.5 Å².